The molecule has 0 bridgehead atoms. The molecule has 2 aromatic rings. The van der Waals surface area contributed by atoms with Crippen molar-refractivity contribution in [1.29, 1.82) is 0 Å². The minimum atomic E-state index is 0.00300. The van der Waals surface area contributed by atoms with E-state index < -0.39 is 0 Å². The molecule has 2 rings (SSSR count). The molecule has 0 atom stereocenters. The van der Waals surface area contributed by atoms with E-state index in [0.717, 1.165) is 24.2 Å². The summed E-state index contributed by atoms with van der Waals surface area (Å²) in [5, 5.41) is 13.6. The van der Waals surface area contributed by atoms with Crippen LogP contribution in [-0.4, -0.2) is 28.7 Å². The van der Waals surface area contributed by atoms with Crippen LogP contribution in [0.5, 0.6) is 0 Å². The second-order valence-corrected chi connectivity index (χ2v) is 5.09. The highest BCUT2D eigenvalue weighted by Crippen LogP contribution is 2.20. The molecule has 0 saturated heterocycles. The Kier molecular flexibility index (Phi) is 5.45. The van der Waals surface area contributed by atoms with Gasteiger partial charge in [-0.05, 0) is 31.2 Å². The summed E-state index contributed by atoms with van der Waals surface area (Å²) in [6, 6.07) is 7.80. The highest BCUT2D eigenvalue weighted by molar-refractivity contribution is 5.91. The van der Waals surface area contributed by atoms with Gasteiger partial charge in [0, 0.05) is 23.7 Å². The van der Waals surface area contributed by atoms with E-state index in [1.807, 2.05) is 24.3 Å². The summed E-state index contributed by atoms with van der Waals surface area (Å²) < 4.78 is 5.14. The molecule has 0 aliphatic rings. The zero-order valence-electron chi connectivity index (χ0n) is 12.3. The molecule has 1 heterocycles. The third-order valence-corrected chi connectivity index (χ3v) is 2.89. The Balaban J connectivity index is 1.85. The maximum absolute atomic E-state index is 11.9. The Morgan fingerprint density at radius 2 is 2.24 bits per heavy atom. The first-order chi connectivity index (χ1) is 10.1. The fraction of sp³-hybridized carbons (Fsp3) is 0.400. The van der Waals surface area contributed by atoms with Gasteiger partial charge in [-0.25, -0.2) is 0 Å². The first-order valence-electron chi connectivity index (χ1n) is 7.05. The number of nitrogens with one attached hydrogen (secondary N) is 2. The molecule has 0 radical (unpaired) electrons. The zero-order chi connectivity index (χ0) is 15.1. The van der Waals surface area contributed by atoms with Crippen LogP contribution in [0.1, 0.15) is 26.7 Å². The quantitative estimate of drug-likeness (QED) is 0.765. The van der Waals surface area contributed by atoms with Crippen molar-refractivity contribution in [1.82, 2.24) is 15.5 Å². The standard InChI is InChI=1S/C15H20N4O2/c1-11(2)16-8-4-7-14(20)18-13-6-3-5-12(9-13)15-19-17-10-21-15/h3,5-6,9-11,16H,4,7-8H2,1-2H3,(H,18,20). The monoisotopic (exact) mass is 288 g/mol. The van der Waals surface area contributed by atoms with Gasteiger partial charge in [0.2, 0.25) is 18.2 Å². The molecule has 1 amide bonds. The van der Waals surface area contributed by atoms with Gasteiger partial charge in [0.05, 0.1) is 0 Å². The molecule has 0 aliphatic heterocycles. The van der Waals surface area contributed by atoms with Crippen molar-refractivity contribution in [2.75, 3.05) is 11.9 Å². The van der Waals surface area contributed by atoms with Crippen molar-refractivity contribution in [3.05, 3.63) is 30.7 Å². The average molecular weight is 288 g/mol. The highest BCUT2D eigenvalue weighted by Gasteiger charge is 2.06. The molecular weight excluding hydrogens is 268 g/mol. The lowest BCUT2D eigenvalue weighted by Crippen LogP contribution is -2.24. The molecule has 0 unspecified atom stereocenters. The second-order valence-electron chi connectivity index (χ2n) is 5.09. The Bertz CT molecular complexity index is 567. The lowest BCUT2D eigenvalue weighted by atomic mass is 10.2. The van der Waals surface area contributed by atoms with Crippen LogP contribution in [0.3, 0.4) is 0 Å². The van der Waals surface area contributed by atoms with Crippen LogP contribution in [-0.2, 0) is 4.79 Å². The van der Waals surface area contributed by atoms with E-state index in [2.05, 4.69) is 34.7 Å². The molecule has 6 heteroatoms. The number of rotatable bonds is 7. The van der Waals surface area contributed by atoms with Crippen molar-refractivity contribution in [2.24, 2.45) is 0 Å². The lowest BCUT2D eigenvalue weighted by molar-refractivity contribution is -0.116. The summed E-state index contributed by atoms with van der Waals surface area (Å²) in [7, 11) is 0. The number of aromatic nitrogens is 2. The van der Waals surface area contributed by atoms with Crippen LogP contribution in [0.15, 0.2) is 35.1 Å². The number of anilines is 1. The number of carbonyl (C=O) groups excluding carboxylic acids is 1. The van der Waals surface area contributed by atoms with E-state index in [4.69, 9.17) is 4.42 Å². The van der Waals surface area contributed by atoms with E-state index >= 15 is 0 Å². The van der Waals surface area contributed by atoms with E-state index in [0.29, 0.717) is 18.4 Å². The number of hydrogen-bond donors (Lipinski definition) is 2. The number of benzene rings is 1. The summed E-state index contributed by atoms with van der Waals surface area (Å²) in [5.74, 6) is 0.440. The SMILES string of the molecule is CC(C)NCCCC(=O)Nc1cccc(-c2nnco2)c1. The van der Waals surface area contributed by atoms with Gasteiger partial charge in [-0.15, -0.1) is 10.2 Å². The second kappa shape index (κ2) is 7.54. The summed E-state index contributed by atoms with van der Waals surface area (Å²) in [6.07, 6.45) is 2.58. The van der Waals surface area contributed by atoms with Gasteiger partial charge in [-0.2, -0.15) is 0 Å². The summed E-state index contributed by atoms with van der Waals surface area (Å²) in [4.78, 5) is 11.9. The molecule has 0 fully saturated rings. The van der Waals surface area contributed by atoms with E-state index in [1.54, 1.807) is 0 Å². The Morgan fingerprint density at radius 1 is 1.38 bits per heavy atom. The van der Waals surface area contributed by atoms with Gasteiger partial charge in [0.15, 0.2) is 0 Å². The largest absolute Gasteiger partial charge is 0.423 e. The third kappa shape index (κ3) is 5.00. The number of carbonyl (C=O) groups is 1. The van der Waals surface area contributed by atoms with Gasteiger partial charge < -0.3 is 15.1 Å². The van der Waals surface area contributed by atoms with Gasteiger partial charge in [-0.3, -0.25) is 4.79 Å². The lowest BCUT2D eigenvalue weighted by Gasteiger charge is -2.08. The van der Waals surface area contributed by atoms with E-state index in [9.17, 15) is 4.79 Å². The summed E-state index contributed by atoms with van der Waals surface area (Å²) in [6.45, 7) is 5.01. The van der Waals surface area contributed by atoms with Crippen LogP contribution < -0.4 is 10.6 Å². The Hall–Kier alpha value is -2.21. The fourth-order valence-electron chi connectivity index (χ4n) is 1.89. The van der Waals surface area contributed by atoms with Crippen LogP contribution in [0.4, 0.5) is 5.69 Å². The normalized spacial score (nSPS) is 10.8. The first kappa shape index (κ1) is 15.2. The Labute approximate surface area is 124 Å². The van der Waals surface area contributed by atoms with Crippen LogP contribution in [0.25, 0.3) is 11.5 Å². The molecule has 6 nitrogen and oxygen atoms in total. The van der Waals surface area contributed by atoms with Gasteiger partial charge in [-0.1, -0.05) is 19.9 Å². The minimum Gasteiger partial charge on any atom is -0.423 e. The number of hydrogen-bond acceptors (Lipinski definition) is 5. The van der Waals surface area contributed by atoms with Crippen LogP contribution >= 0.6 is 0 Å². The average Bonchev–Trinajstić information content (AvgIpc) is 2.98. The van der Waals surface area contributed by atoms with E-state index in [1.165, 1.54) is 6.39 Å². The summed E-state index contributed by atoms with van der Waals surface area (Å²) >= 11 is 0. The van der Waals surface area contributed by atoms with Crippen molar-refractivity contribution in [2.45, 2.75) is 32.7 Å². The highest BCUT2D eigenvalue weighted by atomic mass is 16.4. The fourth-order valence-corrected chi connectivity index (χ4v) is 1.89. The summed E-state index contributed by atoms with van der Waals surface area (Å²) in [5.41, 5.74) is 1.51. The van der Waals surface area contributed by atoms with Crippen LogP contribution in [0.2, 0.25) is 0 Å². The topological polar surface area (TPSA) is 80.0 Å². The Morgan fingerprint density at radius 3 is 2.95 bits per heavy atom. The van der Waals surface area contributed by atoms with Gasteiger partial charge in [0.1, 0.15) is 0 Å². The van der Waals surface area contributed by atoms with Crippen molar-refractivity contribution in [3.8, 4) is 11.5 Å². The van der Waals surface area contributed by atoms with Gasteiger partial charge in [0.25, 0.3) is 0 Å². The molecule has 1 aromatic heterocycles. The zero-order valence-corrected chi connectivity index (χ0v) is 12.3. The van der Waals surface area contributed by atoms with Crippen LogP contribution in [0, 0.1) is 0 Å². The maximum Gasteiger partial charge on any atom is 0.247 e. The van der Waals surface area contributed by atoms with Gasteiger partial charge >= 0.3 is 0 Å². The van der Waals surface area contributed by atoms with E-state index in [-0.39, 0.29) is 5.91 Å². The molecule has 112 valence electrons. The molecular formula is C15H20N4O2. The smallest absolute Gasteiger partial charge is 0.247 e. The predicted molar refractivity (Wildman–Crippen MR) is 80.7 cm³/mol. The van der Waals surface area contributed by atoms with Crippen molar-refractivity contribution < 1.29 is 9.21 Å². The first-order valence-corrected chi connectivity index (χ1v) is 7.05. The molecule has 21 heavy (non-hydrogen) atoms. The molecule has 0 saturated carbocycles. The maximum atomic E-state index is 11.9. The predicted octanol–water partition coefficient (Wildman–Crippen LogP) is 2.45. The third-order valence-electron chi connectivity index (χ3n) is 2.89. The number of nitrogens with zero attached hydrogens (tertiary/aromatic N) is 2. The minimum absolute atomic E-state index is 0.00300. The number of amides is 1. The molecule has 2 N–H and O–H groups in total. The molecule has 0 aliphatic carbocycles. The van der Waals surface area contributed by atoms with Crippen molar-refractivity contribution in [3.63, 3.8) is 0 Å². The molecule has 0 spiro atoms. The molecule has 1 aromatic carbocycles. The van der Waals surface area contributed by atoms with Crippen molar-refractivity contribution >= 4 is 11.6 Å².